The van der Waals surface area contributed by atoms with Crippen LogP contribution in [-0.4, -0.2) is 51.1 Å². The molecule has 1 aromatic rings. The van der Waals surface area contributed by atoms with Gasteiger partial charge in [0.25, 0.3) is 0 Å². The summed E-state index contributed by atoms with van der Waals surface area (Å²) < 4.78 is 0. The molecule has 1 unspecified atom stereocenters. The van der Waals surface area contributed by atoms with Crippen molar-refractivity contribution in [1.82, 2.24) is 5.32 Å². The zero-order chi connectivity index (χ0) is 16.4. The van der Waals surface area contributed by atoms with Gasteiger partial charge in [0.15, 0.2) is 11.5 Å². The molecule has 1 aromatic carbocycles. The number of hydrogen-bond acceptors (Lipinski definition) is 6. The largest absolute Gasteiger partial charge is 0.504 e. The number of aromatic hydroxyl groups is 2. The molecule has 8 nitrogen and oxygen atoms in total. The van der Waals surface area contributed by atoms with Gasteiger partial charge in [-0.05, 0) is 24.7 Å². The van der Waals surface area contributed by atoms with Gasteiger partial charge in [0.1, 0.15) is 0 Å². The zero-order valence-corrected chi connectivity index (χ0v) is 11.2. The van der Waals surface area contributed by atoms with Crippen LogP contribution in [0, 0.1) is 0 Å². The SMILES string of the molecule is CNCC(O)c1ccc(O)c(O)c1.O=C(O)/C=C/C(=O)O. The van der Waals surface area contributed by atoms with Crippen molar-refractivity contribution >= 4 is 11.9 Å². The highest BCUT2D eigenvalue weighted by atomic mass is 16.4. The third kappa shape index (κ3) is 8.24. The normalized spacial score (nSPS) is 11.5. The van der Waals surface area contributed by atoms with E-state index in [9.17, 15) is 14.7 Å². The lowest BCUT2D eigenvalue weighted by molar-refractivity contribution is -0.134. The lowest BCUT2D eigenvalue weighted by Gasteiger charge is -2.10. The van der Waals surface area contributed by atoms with E-state index in [1.54, 1.807) is 13.1 Å². The highest BCUT2D eigenvalue weighted by Gasteiger charge is 2.08. The molecular weight excluding hydrogens is 282 g/mol. The molecule has 21 heavy (non-hydrogen) atoms. The van der Waals surface area contributed by atoms with E-state index in [1.165, 1.54) is 12.1 Å². The van der Waals surface area contributed by atoms with Gasteiger partial charge in [-0.25, -0.2) is 9.59 Å². The van der Waals surface area contributed by atoms with Crippen LogP contribution in [0.4, 0.5) is 0 Å². The van der Waals surface area contributed by atoms with Crippen LogP contribution in [-0.2, 0) is 9.59 Å². The smallest absolute Gasteiger partial charge is 0.328 e. The van der Waals surface area contributed by atoms with Crippen LogP contribution in [0.2, 0.25) is 0 Å². The van der Waals surface area contributed by atoms with Gasteiger partial charge >= 0.3 is 11.9 Å². The van der Waals surface area contributed by atoms with Crippen molar-refractivity contribution in [1.29, 1.82) is 0 Å². The van der Waals surface area contributed by atoms with Gasteiger partial charge in [-0.2, -0.15) is 0 Å². The van der Waals surface area contributed by atoms with Crippen LogP contribution in [0.1, 0.15) is 11.7 Å². The van der Waals surface area contributed by atoms with Crippen molar-refractivity contribution in [3.63, 3.8) is 0 Å². The summed E-state index contributed by atoms with van der Waals surface area (Å²) in [6.45, 7) is 0.407. The number of benzene rings is 1. The summed E-state index contributed by atoms with van der Waals surface area (Å²) in [6.07, 6.45) is 0.446. The number of phenolic OH excluding ortho intramolecular Hbond substituents is 2. The lowest BCUT2D eigenvalue weighted by Crippen LogP contribution is -2.16. The van der Waals surface area contributed by atoms with Gasteiger partial charge in [0, 0.05) is 18.7 Å². The zero-order valence-electron chi connectivity index (χ0n) is 11.2. The number of aliphatic carboxylic acids is 2. The van der Waals surface area contributed by atoms with Crippen LogP contribution in [0.3, 0.4) is 0 Å². The maximum Gasteiger partial charge on any atom is 0.328 e. The molecule has 0 spiro atoms. The Morgan fingerprint density at radius 1 is 1.14 bits per heavy atom. The molecule has 0 heterocycles. The Balaban J connectivity index is 0.000000433. The van der Waals surface area contributed by atoms with E-state index in [0.29, 0.717) is 24.3 Å². The van der Waals surface area contributed by atoms with E-state index >= 15 is 0 Å². The second-order valence-electron chi connectivity index (χ2n) is 3.83. The molecule has 0 radical (unpaired) electrons. The minimum absolute atomic E-state index is 0.180. The van der Waals surface area contributed by atoms with E-state index in [1.807, 2.05) is 0 Å². The average Bonchev–Trinajstić information content (AvgIpc) is 2.40. The van der Waals surface area contributed by atoms with Crippen LogP contribution in [0.5, 0.6) is 11.5 Å². The highest BCUT2D eigenvalue weighted by molar-refractivity contribution is 5.89. The molecule has 116 valence electrons. The molecule has 0 aromatic heterocycles. The molecule has 0 aliphatic carbocycles. The van der Waals surface area contributed by atoms with Crippen molar-refractivity contribution in [2.45, 2.75) is 6.10 Å². The molecule has 0 aliphatic rings. The highest BCUT2D eigenvalue weighted by Crippen LogP contribution is 2.27. The summed E-state index contributed by atoms with van der Waals surface area (Å²) in [5.41, 5.74) is 0.574. The van der Waals surface area contributed by atoms with Crippen molar-refractivity contribution in [3.05, 3.63) is 35.9 Å². The van der Waals surface area contributed by atoms with E-state index in [2.05, 4.69) is 5.32 Å². The second-order valence-corrected chi connectivity index (χ2v) is 3.83. The van der Waals surface area contributed by atoms with Crippen molar-refractivity contribution in [2.24, 2.45) is 0 Å². The minimum Gasteiger partial charge on any atom is -0.504 e. The standard InChI is InChI=1S/C9H13NO3.C4H4O4/c1-10-5-9(13)6-2-3-7(11)8(12)4-6;5-3(6)1-2-4(7)8/h2-4,9-13H,5H2,1H3;1-2H,(H,5,6)(H,7,8)/b;2-1+. The molecule has 6 N–H and O–H groups in total. The molecule has 0 amide bonds. The Hall–Kier alpha value is -2.58. The molecular formula is C13H17NO7. The first-order valence-corrected chi connectivity index (χ1v) is 5.76. The van der Waals surface area contributed by atoms with Crippen LogP contribution >= 0.6 is 0 Å². The van der Waals surface area contributed by atoms with Gasteiger partial charge in [0.2, 0.25) is 0 Å². The maximum atomic E-state index is 9.55. The molecule has 1 atom stereocenters. The molecule has 0 bridgehead atoms. The number of likely N-dealkylation sites (N-methyl/N-ethyl adjacent to an activating group) is 1. The predicted octanol–water partition coefficient (Wildman–Crippen LogP) is 0.0624. The number of aliphatic hydroxyl groups excluding tert-OH is 1. The first-order chi connectivity index (χ1) is 9.77. The van der Waals surface area contributed by atoms with Crippen LogP contribution in [0.15, 0.2) is 30.4 Å². The van der Waals surface area contributed by atoms with Gasteiger partial charge in [-0.15, -0.1) is 0 Å². The van der Waals surface area contributed by atoms with E-state index in [4.69, 9.17) is 20.4 Å². The monoisotopic (exact) mass is 299 g/mol. The van der Waals surface area contributed by atoms with Crippen molar-refractivity contribution < 1.29 is 35.1 Å². The Morgan fingerprint density at radius 2 is 1.67 bits per heavy atom. The minimum atomic E-state index is -1.26. The summed E-state index contributed by atoms with van der Waals surface area (Å²) in [6, 6.07) is 4.26. The van der Waals surface area contributed by atoms with Crippen LogP contribution < -0.4 is 5.32 Å². The quantitative estimate of drug-likeness (QED) is 0.330. The Kier molecular flexibility index (Phi) is 8.20. The number of rotatable bonds is 5. The first-order valence-electron chi connectivity index (χ1n) is 5.76. The van der Waals surface area contributed by atoms with Crippen molar-refractivity contribution in [2.75, 3.05) is 13.6 Å². The molecule has 1 rings (SSSR count). The van der Waals surface area contributed by atoms with Gasteiger partial charge in [-0.3, -0.25) is 0 Å². The number of carbonyl (C=O) groups is 2. The van der Waals surface area contributed by atoms with Gasteiger partial charge < -0.3 is 30.8 Å². The Labute approximate surface area is 120 Å². The fourth-order valence-electron chi connectivity index (χ4n) is 1.20. The lowest BCUT2D eigenvalue weighted by atomic mass is 10.1. The average molecular weight is 299 g/mol. The summed E-state index contributed by atoms with van der Waals surface area (Å²) in [4.78, 5) is 19.1. The maximum absolute atomic E-state index is 9.55. The fourth-order valence-corrected chi connectivity index (χ4v) is 1.20. The molecule has 0 saturated carbocycles. The summed E-state index contributed by atoms with van der Waals surface area (Å²) in [5, 5.41) is 46.1. The van der Waals surface area contributed by atoms with E-state index < -0.39 is 18.0 Å². The summed E-state index contributed by atoms with van der Waals surface area (Å²) in [5.74, 6) is -2.91. The van der Waals surface area contributed by atoms with Crippen molar-refractivity contribution in [3.8, 4) is 11.5 Å². The molecule has 0 aliphatic heterocycles. The second kappa shape index (κ2) is 9.34. The third-order valence-electron chi connectivity index (χ3n) is 2.15. The number of phenols is 2. The predicted molar refractivity (Wildman–Crippen MR) is 73.1 cm³/mol. The fraction of sp³-hybridized carbons (Fsp3) is 0.231. The number of carboxylic acid groups (broad SMARTS) is 2. The molecule has 0 fully saturated rings. The topological polar surface area (TPSA) is 147 Å². The third-order valence-corrected chi connectivity index (χ3v) is 2.15. The van der Waals surface area contributed by atoms with Crippen LogP contribution in [0.25, 0.3) is 0 Å². The summed E-state index contributed by atoms with van der Waals surface area (Å²) in [7, 11) is 1.73. The summed E-state index contributed by atoms with van der Waals surface area (Å²) >= 11 is 0. The van der Waals surface area contributed by atoms with Gasteiger partial charge in [0.05, 0.1) is 6.10 Å². The van der Waals surface area contributed by atoms with E-state index in [-0.39, 0.29) is 11.5 Å². The van der Waals surface area contributed by atoms with E-state index in [0.717, 1.165) is 0 Å². The van der Waals surface area contributed by atoms with Gasteiger partial charge in [-0.1, -0.05) is 6.07 Å². The number of hydrogen-bond donors (Lipinski definition) is 6. The Bertz CT molecular complexity index is 497. The Morgan fingerprint density at radius 3 is 2.05 bits per heavy atom. The first kappa shape index (κ1) is 18.4. The number of carboxylic acids is 2. The molecule has 8 heteroatoms. The number of aliphatic hydroxyl groups is 1. The molecule has 0 saturated heterocycles. The number of nitrogens with one attached hydrogen (secondary N) is 1.